The van der Waals surface area contributed by atoms with Gasteiger partial charge in [0, 0.05) is 11.0 Å². The Morgan fingerprint density at radius 3 is 2.46 bits per heavy atom. The number of Topliss-reactive ketones (excluding diaryl/α,β-unsaturated/α-hetero) is 1. The molecule has 4 rings (SSSR count). The summed E-state index contributed by atoms with van der Waals surface area (Å²) in [6.45, 7) is 9.25. The fraction of sp³-hybridized carbons (Fsp3) is 0.864. The van der Waals surface area contributed by atoms with Crippen molar-refractivity contribution >= 4 is 5.78 Å². The molecule has 0 bridgehead atoms. The molecule has 134 valence electrons. The summed E-state index contributed by atoms with van der Waals surface area (Å²) in [6, 6.07) is 0. The molecule has 6 atom stereocenters. The fourth-order valence-electron chi connectivity index (χ4n) is 8.06. The first kappa shape index (κ1) is 16.7. The van der Waals surface area contributed by atoms with Crippen LogP contribution in [0, 0.1) is 39.9 Å². The fourth-order valence-corrected chi connectivity index (χ4v) is 8.06. The molecular weight excluding hydrogens is 296 g/mol. The molecule has 0 amide bonds. The molecule has 4 fully saturated rings. The lowest BCUT2D eigenvalue weighted by molar-refractivity contribution is -0.154. The van der Waals surface area contributed by atoms with Gasteiger partial charge in [0.05, 0.1) is 6.26 Å². The normalized spacial score (nSPS) is 51.8. The van der Waals surface area contributed by atoms with Gasteiger partial charge in [0.25, 0.3) is 0 Å². The van der Waals surface area contributed by atoms with Crippen molar-refractivity contribution in [1.82, 2.24) is 0 Å². The van der Waals surface area contributed by atoms with Crippen molar-refractivity contribution in [3.8, 4) is 0 Å². The average Bonchev–Trinajstić information content (AvgIpc) is 2.93. The van der Waals surface area contributed by atoms with E-state index in [2.05, 4.69) is 27.7 Å². The van der Waals surface area contributed by atoms with Crippen LogP contribution in [0.25, 0.3) is 0 Å². The summed E-state index contributed by atoms with van der Waals surface area (Å²) in [6.07, 6.45) is 11.4. The third kappa shape index (κ3) is 1.98. The minimum atomic E-state index is -0.330. The van der Waals surface area contributed by atoms with Gasteiger partial charge < -0.3 is 5.11 Å². The zero-order valence-electron chi connectivity index (χ0n) is 15.9. The van der Waals surface area contributed by atoms with E-state index in [1.807, 2.05) is 0 Å². The molecule has 0 heterocycles. The minimum absolute atomic E-state index is 0.179. The molecule has 2 heteroatoms. The Kier molecular flexibility index (Phi) is 3.55. The molecule has 0 aromatic heterocycles. The molecule has 24 heavy (non-hydrogen) atoms. The Morgan fingerprint density at radius 2 is 1.75 bits per heavy atom. The molecule has 4 aliphatic rings. The highest BCUT2D eigenvalue weighted by Gasteiger charge is 2.62. The van der Waals surface area contributed by atoms with Gasteiger partial charge in [-0.2, -0.15) is 0 Å². The smallest absolute Gasteiger partial charge is 0.167 e. The third-order valence-electron chi connectivity index (χ3n) is 9.13. The Labute approximate surface area is 147 Å². The van der Waals surface area contributed by atoms with E-state index in [4.69, 9.17) is 0 Å². The Morgan fingerprint density at radius 1 is 1.00 bits per heavy atom. The predicted octanol–water partition coefficient (Wildman–Crippen LogP) is 5.68. The average molecular weight is 331 g/mol. The lowest BCUT2D eigenvalue weighted by atomic mass is 9.41. The van der Waals surface area contributed by atoms with Crippen LogP contribution in [0.3, 0.4) is 0 Å². The second-order valence-electron chi connectivity index (χ2n) is 10.5. The van der Waals surface area contributed by atoms with E-state index >= 15 is 0 Å². The Hall–Kier alpha value is -0.790. The van der Waals surface area contributed by atoms with Crippen molar-refractivity contribution in [3.05, 3.63) is 11.8 Å². The van der Waals surface area contributed by atoms with E-state index in [0.717, 1.165) is 30.4 Å². The molecular formula is C22H34O2. The maximum absolute atomic E-state index is 12.8. The first-order chi connectivity index (χ1) is 11.2. The van der Waals surface area contributed by atoms with Gasteiger partial charge in [-0.3, -0.25) is 4.79 Å². The molecule has 6 unspecified atom stereocenters. The number of ketones is 1. The second kappa shape index (κ2) is 5.11. The van der Waals surface area contributed by atoms with Crippen LogP contribution in [-0.4, -0.2) is 10.9 Å². The molecule has 0 radical (unpaired) electrons. The van der Waals surface area contributed by atoms with E-state index < -0.39 is 0 Å². The van der Waals surface area contributed by atoms with Crippen molar-refractivity contribution in [3.63, 3.8) is 0 Å². The maximum atomic E-state index is 12.8. The number of carbonyl (C=O) groups excluding carboxylic acids is 1. The molecule has 0 spiro atoms. The third-order valence-corrected chi connectivity index (χ3v) is 9.13. The van der Waals surface area contributed by atoms with Crippen LogP contribution in [0.4, 0.5) is 0 Å². The number of aliphatic hydroxyl groups is 1. The zero-order valence-corrected chi connectivity index (χ0v) is 15.9. The van der Waals surface area contributed by atoms with Crippen molar-refractivity contribution in [2.24, 2.45) is 39.9 Å². The monoisotopic (exact) mass is 330 g/mol. The standard InChI is InChI=1S/C22H34O2/c1-20(2)18-8-7-15-16-6-5-10-21(16,3)11-9-17(15)22(18,4)12-14(13-23)19(20)24/h13,15-18,23H,5-12H2,1-4H3. The Balaban J connectivity index is 1.73. The van der Waals surface area contributed by atoms with Gasteiger partial charge in [0.2, 0.25) is 0 Å². The highest BCUT2D eigenvalue weighted by Crippen LogP contribution is 2.68. The SMILES string of the molecule is CC12CCCC1C1CCC3C(C)(C)C(=O)C(=CO)CC3(C)C1CC2. The van der Waals surface area contributed by atoms with Crippen LogP contribution in [0.1, 0.15) is 79.1 Å². The summed E-state index contributed by atoms with van der Waals surface area (Å²) >= 11 is 0. The molecule has 0 aromatic rings. The molecule has 1 N–H and O–H groups in total. The van der Waals surface area contributed by atoms with Gasteiger partial charge in [-0.15, -0.1) is 0 Å². The summed E-state index contributed by atoms with van der Waals surface area (Å²) < 4.78 is 0. The second-order valence-corrected chi connectivity index (χ2v) is 10.5. The van der Waals surface area contributed by atoms with Crippen LogP contribution < -0.4 is 0 Å². The van der Waals surface area contributed by atoms with Gasteiger partial charge in [-0.25, -0.2) is 0 Å². The lowest BCUT2D eigenvalue weighted by Gasteiger charge is -2.63. The van der Waals surface area contributed by atoms with Crippen molar-refractivity contribution in [2.75, 3.05) is 0 Å². The van der Waals surface area contributed by atoms with E-state index in [-0.39, 0.29) is 16.6 Å². The summed E-state index contributed by atoms with van der Waals surface area (Å²) in [5, 5.41) is 9.70. The Bertz CT molecular complexity index is 589. The van der Waals surface area contributed by atoms with Crippen LogP contribution in [-0.2, 0) is 4.79 Å². The summed E-state index contributed by atoms with van der Waals surface area (Å²) in [4.78, 5) is 12.8. The van der Waals surface area contributed by atoms with Crippen molar-refractivity contribution in [1.29, 1.82) is 0 Å². The highest BCUT2D eigenvalue weighted by molar-refractivity contribution is 6.00. The first-order valence-electron chi connectivity index (χ1n) is 10.1. The molecule has 0 saturated heterocycles. The number of allylic oxidation sites excluding steroid dienone is 1. The number of hydrogen-bond acceptors (Lipinski definition) is 2. The van der Waals surface area contributed by atoms with Crippen LogP contribution in [0.2, 0.25) is 0 Å². The highest BCUT2D eigenvalue weighted by atomic mass is 16.2. The number of aliphatic hydroxyl groups excluding tert-OH is 1. The van der Waals surface area contributed by atoms with Gasteiger partial charge in [-0.1, -0.05) is 34.1 Å². The maximum Gasteiger partial charge on any atom is 0.167 e. The number of hydrogen-bond donors (Lipinski definition) is 1. The van der Waals surface area contributed by atoms with Crippen molar-refractivity contribution in [2.45, 2.75) is 79.1 Å². The summed E-state index contributed by atoms with van der Waals surface area (Å²) in [7, 11) is 0. The lowest BCUT2D eigenvalue weighted by Crippen LogP contribution is -2.58. The van der Waals surface area contributed by atoms with E-state index in [1.54, 1.807) is 0 Å². The van der Waals surface area contributed by atoms with Gasteiger partial charge >= 0.3 is 0 Å². The predicted molar refractivity (Wildman–Crippen MR) is 96.6 cm³/mol. The quantitative estimate of drug-likeness (QED) is 0.458. The topological polar surface area (TPSA) is 37.3 Å². The molecule has 0 aromatic carbocycles. The number of carbonyl (C=O) groups is 1. The van der Waals surface area contributed by atoms with Crippen LogP contribution in [0.5, 0.6) is 0 Å². The van der Waals surface area contributed by atoms with Crippen molar-refractivity contribution < 1.29 is 9.90 Å². The van der Waals surface area contributed by atoms with Crippen LogP contribution in [0.15, 0.2) is 11.8 Å². The van der Waals surface area contributed by atoms with E-state index in [1.165, 1.54) is 44.9 Å². The number of rotatable bonds is 0. The number of fused-ring (bicyclic) bond motifs is 5. The largest absolute Gasteiger partial charge is 0.515 e. The van der Waals surface area contributed by atoms with Gasteiger partial charge in [0.1, 0.15) is 0 Å². The summed E-state index contributed by atoms with van der Waals surface area (Å²) in [5.74, 6) is 3.13. The molecule has 4 aliphatic carbocycles. The van der Waals surface area contributed by atoms with E-state index in [0.29, 0.717) is 16.9 Å². The van der Waals surface area contributed by atoms with Crippen LogP contribution >= 0.6 is 0 Å². The van der Waals surface area contributed by atoms with E-state index in [9.17, 15) is 9.90 Å². The summed E-state index contributed by atoms with van der Waals surface area (Å²) in [5.41, 5.74) is 1.11. The van der Waals surface area contributed by atoms with Gasteiger partial charge in [0.15, 0.2) is 5.78 Å². The first-order valence-corrected chi connectivity index (χ1v) is 10.1. The molecule has 0 aliphatic heterocycles. The minimum Gasteiger partial charge on any atom is -0.515 e. The molecule has 4 saturated carbocycles. The van der Waals surface area contributed by atoms with Gasteiger partial charge in [-0.05, 0) is 79.4 Å². The zero-order chi connectivity index (χ0) is 17.3. The molecule has 2 nitrogen and oxygen atoms in total.